The minimum atomic E-state index is -0.698. The first-order valence-electron chi connectivity index (χ1n) is 7.76. The number of anilines is 1. The van der Waals surface area contributed by atoms with Gasteiger partial charge in [-0.1, -0.05) is 31.4 Å². The molecule has 1 saturated carbocycles. The molecule has 0 bridgehead atoms. The van der Waals surface area contributed by atoms with Gasteiger partial charge < -0.3 is 10.6 Å². The van der Waals surface area contributed by atoms with E-state index in [1.165, 1.54) is 26.2 Å². The molecule has 22 heavy (non-hydrogen) atoms. The summed E-state index contributed by atoms with van der Waals surface area (Å²) >= 11 is 0. The van der Waals surface area contributed by atoms with E-state index in [2.05, 4.69) is 10.6 Å². The Morgan fingerprint density at radius 2 is 1.82 bits per heavy atom. The van der Waals surface area contributed by atoms with Crippen molar-refractivity contribution in [2.45, 2.75) is 39.0 Å². The molecule has 1 fully saturated rings. The van der Waals surface area contributed by atoms with Gasteiger partial charge in [0.05, 0.1) is 0 Å². The maximum absolute atomic E-state index is 11.9. The van der Waals surface area contributed by atoms with Crippen molar-refractivity contribution in [1.82, 2.24) is 5.32 Å². The third-order valence-electron chi connectivity index (χ3n) is 4.01. The zero-order chi connectivity index (χ0) is 15.9. The predicted octanol–water partition coefficient (Wildman–Crippen LogP) is 2.52. The molecular weight excluding hydrogens is 280 g/mol. The van der Waals surface area contributed by atoms with Crippen molar-refractivity contribution in [1.29, 1.82) is 0 Å². The first-order chi connectivity index (χ1) is 10.6. The fourth-order valence-electron chi connectivity index (χ4n) is 2.71. The summed E-state index contributed by atoms with van der Waals surface area (Å²) in [5.41, 5.74) is 0.950. The zero-order valence-corrected chi connectivity index (χ0v) is 12.9. The molecule has 5 heteroatoms. The lowest BCUT2D eigenvalue weighted by molar-refractivity contribution is -0.136. The molecular formula is C17H22N2O3. The molecule has 2 rings (SSSR count). The van der Waals surface area contributed by atoms with E-state index >= 15 is 0 Å². The molecule has 0 saturated heterocycles. The van der Waals surface area contributed by atoms with Crippen LogP contribution in [0.3, 0.4) is 0 Å². The van der Waals surface area contributed by atoms with Gasteiger partial charge in [0.2, 0.25) is 0 Å². The number of rotatable bonds is 4. The topological polar surface area (TPSA) is 75.3 Å². The molecule has 2 amide bonds. The van der Waals surface area contributed by atoms with E-state index in [1.807, 2.05) is 0 Å². The Balaban J connectivity index is 1.84. The molecule has 0 aliphatic heterocycles. The Morgan fingerprint density at radius 1 is 1.09 bits per heavy atom. The second kappa shape index (κ2) is 7.73. The number of Topliss-reactive ketones (excluding diaryl/α,β-unsaturated/α-hetero) is 1. The zero-order valence-electron chi connectivity index (χ0n) is 12.9. The summed E-state index contributed by atoms with van der Waals surface area (Å²) < 4.78 is 0. The highest BCUT2D eigenvalue weighted by Gasteiger charge is 2.18. The molecule has 0 radical (unpaired) electrons. The summed E-state index contributed by atoms with van der Waals surface area (Å²) in [7, 11) is 0. The average Bonchev–Trinajstić information content (AvgIpc) is 2.53. The molecule has 1 aliphatic rings. The van der Waals surface area contributed by atoms with Crippen molar-refractivity contribution in [3.8, 4) is 0 Å². The number of benzene rings is 1. The van der Waals surface area contributed by atoms with Crippen LogP contribution < -0.4 is 10.6 Å². The summed E-state index contributed by atoms with van der Waals surface area (Å²) in [4.78, 5) is 35.0. The molecule has 0 atom stereocenters. The highest BCUT2D eigenvalue weighted by atomic mass is 16.2. The van der Waals surface area contributed by atoms with Gasteiger partial charge in [0.1, 0.15) is 0 Å². The highest BCUT2D eigenvalue weighted by Crippen LogP contribution is 2.22. The largest absolute Gasteiger partial charge is 0.348 e. The Bertz CT molecular complexity index is 563. The number of carbonyl (C=O) groups excluding carboxylic acids is 3. The smallest absolute Gasteiger partial charge is 0.313 e. The number of carbonyl (C=O) groups is 3. The lowest BCUT2D eigenvalue weighted by Gasteiger charge is -2.21. The first-order valence-corrected chi connectivity index (χ1v) is 7.76. The molecule has 0 heterocycles. The second-order valence-electron chi connectivity index (χ2n) is 5.81. The van der Waals surface area contributed by atoms with Crippen LogP contribution in [0, 0.1) is 5.92 Å². The van der Waals surface area contributed by atoms with Crippen molar-refractivity contribution in [2.75, 3.05) is 11.9 Å². The molecule has 1 aliphatic carbocycles. The standard InChI is InChI=1S/C17H22N2O3/c1-12(20)14-8-5-9-15(10-14)19-17(22)16(21)18-11-13-6-3-2-4-7-13/h5,8-10,13H,2-4,6-7,11H2,1H3,(H,18,21)(H,19,22). The summed E-state index contributed by atoms with van der Waals surface area (Å²) in [6.07, 6.45) is 5.89. The van der Waals surface area contributed by atoms with Crippen LogP contribution in [0.15, 0.2) is 24.3 Å². The number of hydrogen-bond donors (Lipinski definition) is 2. The monoisotopic (exact) mass is 302 g/mol. The molecule has 0 unspecified atom stereocenters. The van der Waals surface area contributed by atoms with Gasteiger partial charge in [-0.05, 0) is 37.8 Å². The molecule has 1 aromatic rings. The molecule has 0 spiro atoms. The van der Waals surface area contributed by atoms with E-state index < -0.39 is 11.8 Å². The normalized spacial score (nSPS) is 15.1. The van der Waals surface area contributed by atoms with E-state index in [1.54, 1.807) is 24.3 Å². The molecule has 0 aromatic heterocycles. The second-order valence-corrected chi connectivity index (χ2v) is 5.81. The Hall–Kier alpha value is -2.17. The van der Waals surface area contributed by atoms with Gasteiger partial charge in [0, 0.05) is 17.8 Å². The third-order valence-corrected chi connectivity index (χ3v) is 4.01. The van der Waals surface area contributed by atoms with Gasteiger partial charge >= 0.3 is 11.8 Å². The predicted molar refractivity (Wildman–Crippen MR) is 84.7 cm³/mol. The number of amides is 2. The minimum absolute atomic E-state index is 0.0853. The van der Waals surface area contributed by atoms with E-state index in [-0.39, 0.29) is 5.78 Å². The molecule has 118 valence electrons. The van der Waals surface area contributed by atoms with Gasteiger partial charge in [-0.15, -0.1) is 0 Å². The van der Waals surface area contributed by atoms with E-state index in [0.717, 1.165) is 12.8 Å². The third kappa shape index (κ3) is 4.69. The van der Waals surface area contributed by atoms with Crippen LogP contribution in [0.5, 0.6) is 0 Å². The molecule has 2 N–H and O–H groups in total. The van der Waals surface area contributed by atoms with Crippen LogP contribution >= 0.6 is 0 Å². The van der Waals surface area contributed by atoms with Crippen molar-refractivity contribution >= 4 is 23.3 Å². The fourth-order valence-corrected chi connectivity index (χ4v) is 2.71. The van der Waals surface area contributed by atoms with Gasteiger partial charge in [-0.25, -0.2) is 0 Å². The lowest BCUT2D eigenvalue weighted by Crippen LogP contribution is -2.38. The fraction of sp³-hybridized carbons (Fsp3) is 0.471. The minimum Gasteiger partial charge on any atom is -0.348 e. The summed E-state index contributed by atoms with van der Waals surface area (Å²) in [5.74, 6) is -0.931. The van der Waals surface area contributed by atoms with Crippen LogP contribution in [0.25, 0.3) is 0 Å². The average molecular weight is 302 g/mol. The maximum atomic E-state index is 11.9. The Morgan fingerprint density at radius 3 is 2.50 bits per heavy atom. The number of nitrogens with one attached hydrogen (secondary N) is 2. The van der Waals surface area contributed by atoms with Crippen molar-refractivity contribution in [2.24, 2.45) is 5.92 Å². The Kier molecular flexibility index (Phi) is 5.69. The quantitative estimate of drug-likeness (QED) is 0.663. The summed E-state index contributed by atoms with van der Waals surface area (Å²) in [6, 6.07) is 6.56. The van der Waals surface area contributed by atoms with E-state index in [0.29, 0.717) is 23.7 Å². The van der Waals surface area contributed by atoms with Gasteiger partial charge in [-0.2, -0.15) is 0 Å². The van der Waals surface area contributed by atoms with E-state index in [4.69, 9.17) is 0 Å². The molecule has 1 aromatic carbocycles. The van der Waals surface area contributed by atoms with Crippen molar-refractivity contribution < 1.29 is 14.4 Å². The van der Waals surface area contributed by atoms with Crippen LogP contribution in [0.1, 0.15) is 49.4 Å². The van der Waals surface area contributed by atoms with Crippen LogP contribution in [0.2, 0.25) is 0 Å². The SMILES string of the molecule is CC(=O)c1cccc(NC(=O)C(=O)NCC2CCCCC2)c1. The van der Waals surface area contributed by atoms with Crippen LogP contribution in [-0.2, 0) is 9.59 Å². The van der Waals surface area contributed by atoms with Crippen LogP contribution in [-0.4, -0.2) is 24.1 Å². The van der Waals surface area contributed by atoms with Gasteiger partial charge in [0.25, 0.3) is 0 Å². The highest BCUT2D eigenvalue weighted by molar-refractivity contribution is 6.39. The van der Waals surface area contributed by atoms with Crippen LogP contribution in [0.4, 0.5) is 5.69 Å². The summed E-state index contributed by atoms with van der Waals surface area (Å²) in [6.45, 7) is 2.01. The Labute approximate surface area is 130 Å². The number of ketones is 1. The number of hydrogen-bond acceptors (Lipinski definition) is 3. The van der Waals surface area contributed by atoms with Gasteiger partial charge in [0.15, 0.2) is 5.78 Å². The lowest BCUT2D eigenvalue weighted by atomic mass is 9.89. The molecule has 5 nitrogen and oxygen atoms in total. The van der Waals surface area contributed by atoms with Gasteiger partial charge in [-0.3, -0.25) is 14.4 Å². The maximum Gasteiger partial charge on any atom is 0.313 e. The van der Waals surface area contributed by atoms with E-state index in [9.17, 15) is 14.4 Å². The summed E-state index contributed by atoms with van der Waals surface area (Å²) in [5, 5.41) is 5.21. The van der Waals surface area contributed by atoms with Crippen molar-refractivity contribution in [3.05, 3.63) is 29.8 Å². The van der Waals surface area contributed by atoms with Crippen molar-refractivity contribution in [3.63, 3.8) is 0 Å². The first kappa shape index (κ1) is 16.2.